The van der Waals surface area contributed by atoms with Crippen molar-refractivity contribution in [1.29, 1.82) is 0 Å². The van der Waals surface area contributed by atoms with Crippen LogP contribution in [0.3, 0.4) is 0 Å². The van der Waals surface area contributed by atoms with Crippen LogP contribution in [0.1, 0.15) is 21.5 Å². The van der Waals surface area contributed by atoms with Gasteiger partial charge in [-0.2, -0.15) is 4.99 Å². The van der Waals surface area contributed by atoms with Gasteiger partial charge in [0.2, 0.25) is 0 Å². The molecule has 1 aliphatic heterocycles. The molecule has 0 aliphatic carbocycles. The molecule has 0 radical (unpaired) electrons. The van der Waals surface area contributed by atoms with Gasteiger partial charge in [0.15, 0.2) is 4.80 Å². The number of benzene rings is 3. The molecule has 1 aromatic heterocycles. The summed E-state index contributed by atoms with van der Waals surface area (Å²) >= 11 is 7.54. The number of para-hydroxylation sites is 1. The predicted molar refractivity (Wildman–Crippen MR) is 132 cm³/mol. The first-order chi connectivity index (χ1) is 15.8. The molecular weight excluding hydrogens is 478 g/mol. The third kappa shape index (κ3) is 3.78. The van der Waals surface area contributed by atoms with E-state index in [1.165, 1.54) is 39.9 Å². The van der Waals surface area contributed by atoms with Crippen LogP contribution in [-0.4, -0.2) is 25.4 Å². The van der Waals surface area contributed by atoms with Crippen molar-refractivity contribution >= 4 is 54.8 Å². The van der Waals surface area contributed by atoms with Crippen LogP contribution in [0.2, 0.25) is 5.02 Å². The molecule has 0 saturated carbocycles. The van der Waals surface area contributed by atoms with Crippen LogP contribution in [0, 0.1) is 6.92 Å². The minimum Gasteiger partial charge on any atom is -0.319 e. The lowest BCUT2D eigenvalue weighted by Crippen LogP contribution is -2.29. The van der Waals surface area contributed by atoms with E-state index in [0.29, 0.717) is 34.0 Å². The second-order valence-electron chi connectivity index (χ2n) is 7.91. The van der Waals surface area contributed by atoms with E-state index in [4.69, 9.17) is 11.6 Å². The average Bonchev–Trinajstić information content (AvgIpc) is 3.35. The number of halogens is 1. The topological polar surface area (TPSA) is 71.7 Å². The van der Waals surface area contributed by atoms with Crippen molar-refractivity contribution < 1.29 is 13.2 Å². The Morgan fingerprint density at radius 3 is 2.58 bits per heavy atom. The fourth-order valence-corrected chi connectivity index (χ4v) is 7.15. The number of carbonyl (C=O) groups excluding carboxylic acids is 1. The van der Waals surface area contributed by atoms with Gasteiger partial charge in [-0.25, -0.2) is 8.42 Å². The summed E-state index contributed by atoms with van der Waals surface area (Å²) in [7, 11) is -1.85. The highest BCUT2D eigenvalue weighted by molar-refractivity contribution is 7.92. The van der Waals surface area contributed by atoms with Crippen molar-refractivity contribution in [2.24, 2.45) is 12.0 Å². The van der Waals surface area contributed by atoms with Gasteiger partial charge in [-0.15, -0.1) is 0 Å². The number of amides is 1. The van der Waals surface area contributed by atoms with Crippen molar-refractivity contribution in [2.45, 2.75) is 18.2 Å². The molecule has 4 aromatic rings. The Morgan fingerprint density at radius 2 is 1.82 bits per heavy atom. The molecule has 0 unspecified atom stereocenters. The van der Waals surface area contributed by atoms with Gasteiger partial charge in [-0.05, 0) is 66.9 Å². The Morgan fingerprint density at radius 1 is 1.09 bits per heavy atom. The fraction of sp³-hybridized carbons (Fsp3) is 0.167. The number of aryl methyl sites for hydroxylation is 2. The number of thiazole rings is 1. The maximum Gasteiger partial charge on any atom is 0.279 e. The number of aromatic nitrogens is 1. The Bertz CT molecular complexity index is 1590. The molecule has 0 bridgehead atoms. The highest BCUT2D eigenvalue weighted by Crippen LogP contribution is 2.32. The fourth-order valence-electron chi connectivity index (χ4n) is 4.18. The number of anilines is 1. The van der Waals surface area contributed by atoms with E-state index >= 15 is 0 Å². The van der Waals surface area contributed by atoms with E-state index in [0.717, 1.165) is 21.3 Å². The summed E-state index contributed by atoms with van der Waals surface area (Å²) in [4.78, 5) is 17.8. The van der Waals surface area contributed by atoms with E-state index < -0.39 is 15.9 Å². The van der Waals surface area contributed by atoms with Gasteiger partial charge in [-0.3, -0.25) is 9.10 Å². The van der Waals surface area contributed by atoms with Gasteiger partial charge in [0.1, 0.15) is 0 Å². The number of sulfonamides is 1. The van der Waals surface area contributed by atoms with Crippen LogP contribution >= 0.6 is 22.9 Å². The zero-order valence-corrected chi connectivity index (χ0v) is 20.3. The Labute approximate surface area is 200 Å². The molecule has 1 aliphatic rings. The lowest BCUT2D eigenvalue weighted by atomic mass is 10.2. The van der Waals surface area contributed by atoms with E-state index in [9.17, 15) is 13.2 Å². The molecule has 168 valence electrons. The molecule has 0 saturated heterocycles. The van der Waals surface area contributed by atoms with Crippen molar-refractivity contribution in [3.63, 3.8) is 0 Å². The van der Waals surface area contributed by atoms with Crippen molar-refractivity contribution in [3.05, 3.63) is 87.2 Å². The SMILES string of the molecule is Cc1cc(Cl)cc2sc(=NC(=O)c3ccc(S(=O)(=O)N4CCc5ccccc54)cc3)n(C)c12. The zero-order valence-electron chi connectivity index (χ0n) is 17.9. The number of carbonyl (C=O) groups is 1. The predicted octanol–water partition coefficient (Wildman–Crippen LogP) is 4.69. The third-order valence-electron chi connectivity index (χ3n) is 5.78. The summed E-state index contributed by atoms with van der Waals surface area (Å²) in [6.45, 7) is 2.37. The quantitative estimate of drug-likeness (QED) is 0.412. The summed E-state index contributed by atoms with van der Waals surface area (Å²) in [5, 5.41) is 0.636. The molecule has 0 atom stereocenters. The standard InChI is InChI=1S/C24H20ClN3O3S2/c1-15-13-18(25)14-21-22(15)27(2)24(32-21)26-23(29)17-7-9-19(10-8-17)33(30,31)28-12-11-16-5-3-4-6-20(16)28/h3-10,13-14H,11-12H2,1-2H3. The minimum atomic E-state index is -3.71. The van der Waals surface area contributed by atoms with Gasteiger partial charge in [0.25, 0.3) is 15.9 Å². The van der Waals surface area contributed by atoms with Crippen LogP contribution in [0.25, 0.3) is 10.2 Å². The maximum atomic E-state index is 13.2. The Balaban J connectivity index is 1.46. The molecular formula is C24H20ClN3O3S2. The largest absolute Gasteiger partial charge is 0.319 e. The van der Waals surface area contributed by atoms with E-state index in [1.807, 2.05) is 54.9 Å². The Hall–Kier alpha value is -2.94. The van der Waals surface area contributed by atoms with E-state index in [1.54, 1.807) is 0 Å². The van der Waals surface area contributed by atoms with E-state index in [-0.39, 0.29) is 4.90 Å². The van der Waals surface area contributed by atoms with Gasteiger partial charge in [0, 0.05) is 24.2 Å². The van der Waals surface area contributed by atoms with E-state index in [2.05, 4.69) is 4.99 Å². The van der Waals surface area contributed by atoms with Gasteiger partial charge < -0.3 is 4.57 Å². The summed E-state index contributed by atoms with van der Waals surface area (Å²) in [5.41, 5.74) is 4.02. The average molecular weight is 498 g/mol. The number of hydrogen-bond acceptors (Lipinski definition) is 4. The second-order valence-corrected chi connectivity index (χ2v) is 11.2. The number of rotatable bonds is 3. The van der Waals surface area contributed by atoms with Gasteiger partial charge in [-0.1, -0.05) is 41.1 Å². The lowest BCUT2D eigenvalue weighted by molar-refractivity contribution is 0.0998. The molecule has 0 fully saturated rings. The molecule has 3 aromatic carbocycles. The van der Waals surface area contributed by atoms with Gasteiger partial charge in [0.05, 0.1) is 20.8 Å². The van der Waals surface area contributed by atoms with Crippen LogP contribution in [0.15, 0.2) is 70.6 Å². The first-order valence-electron chi connectivity index (χ1n) is 10.3. The highest BCUT2D eigenvalue weighted by atomic mass is 35.5. The molecule has 0 N–H and O–H groups in total. The highest BCUT2D eigenvalue weighted by Gasteiger charge is 2.30. The first kappa shape index (κ1) is 21.9. The van der Waals surface area contributed by atoms with Crippen molar-refractivity contribution in [3.8, 4) is 0 Å². The van der Waals surface area contributed by atoms with Crippen LogP contribution in [-0.2, 0) is 23.5 Å². The maximum absolute atomic E-state index is 13.2. The smallest absolute Gasteiger partial charge is 0.279 e. The summed E-state index contributed by atoms with van der Waals surface area (Å²) < 4.78 is 30.6. The van der Waals surface area contributed by atoms with Gasteiger partial charge >= 0.3 is 0 Å². The number of fused-ring (bicyclic) bond motifs is 2. The Kier molecular flexibility index (Phi) is 5.39. The molecule has 2 heterocycles. The third-order valence-corrected chi connectivity index (χ3v) is 8.91. The zero-order chi connectivity index (χ0) is 23.3. The lowest BCUT2D eigenvalue weighted by Gasteiger charge is -2.19. The minimum absolute atomic E-state index is 0.147. The monoisotopic (exact) mass is 497 g/mol. The second kappa shape index (κ2) is 8.13. The first-order valence-corrected chi connectivity index (χ1v) is 12.9. The normalized spacial score (nSPS) is 14.2. The number of nitrogens with zero attached hydrogens (tertiary/aromatic N) is 3. The molecule has 9 heteroatoms. The molecule has 1 amide bonds. The van der Waals surface area contributed by atoms with Crippen molar-refractivity contribution in [1.82, 2.24) is 4.57 Å². The molecule has 5 rings (SSSR count). The molecule has 33 heavy (non-hydrogen) atoms. The number of hydrogen-bond donors (Lipinski definition) is 0. The molecule has 0 spiro atoms. The van der Waals surface area contributed by atoms with Crippen molar-refractivity contribution in [2.75, 3.05) is 10.8 Å². The molecule has 6 nitrogen and oxygen atoms in total. The van der Waals surface area contributed by atoms with Crippen LogP contribution in [0.4, 0.5) is 5.69 Å². The van der Waals surface area contributed by atoms with Crippen LogP contribution < -0.4 is 9.11 Å². The summed E-state index contributed by atoms with van der Waals surface area (Å²) in [6, 6.07) is 17.2. The summed E-state index contributed by atoms with van der Waals surface area (Å²) in [5.74, 6) is -0.434. The van der Waals surface area contributed by atoms with Crippen LogP contribution in [0.5, 0.6) is 0 Å². The summed E-state index contributed by atoms with van der Waals surface area (Å²) in [6.07, 6.45) is 0.682.